The minimum Gasteiger partial charge on any atom is -0.462 e. The van der Waals surface area contributed by atoms with Crippen molar-refractivity contribution in [2.45, 2.75) is 20.8 Å². The van der Waals surface area contributed by atoms with E-state index in [1.165, 1.54) is 17.5 Å². The average Bonchev–Trinajstić information content (AvgIpc) is 3.09. The van der Waals surface area contributed by atoms with E-state index in [4.69, 9.17) is 9.47 Å². The number of carbonyl (C=O) groups is 3. The summed E-state index contributed by atoms with van der Waals surface area (Å²) in [6.45, 7) is 5.05. The summed E-state index contributed by atoms with van der Waals surface area (Å²) in [5.41, 5.74) is 2.96. The van der Waals surface area contributed by atoms with Crippen molar-refractivity contribution < 1.29 is 23.9 Å². The smallest absolute Gasteiger partial charge is 0.341 e. The van der Waals surface area contributed by atoms with Crippen LogP contribution in [-0.2, 0) is 14.3 Å². The molecule has 0 spiro atoms. The summed E-state index contributed by atoms with van der Waals surface area (Å²) in [6.07, 6.45) is 1.39. The van der Waals surface area contributed by atoms with Gasteiger partial charge in [0, 0.05) is 16.8 Å². The Hall–Kier alpha value is -3.52. The number of pyridine rings is 1. The Kier molecular flexibility index (Phi) is 7.15. The van der Waals surface area contributed by atoms with E-state index in [0.717, 1.165) is 16.1 Å². The van der Waals surface area contributed by atoms with Gasteiger partial charge in [0.25, 0.3) is 5.91 Å². The van der Waals surface area contributed by atoms with Gasteiger partial charge in [-0.15, -0.1) is 11.3 Å². The lowest BCUT2D eigenvalue weighted by Crippen LogP contribution is -2.21. The Bertz CT molecular complexity index is 1090. The molecular formula is C23H22N2O5S. The maximum atomic E-state index is 12.5. The van der Waals surface area contributed by atoms with Crippen LogP contribution in [-0.4, -0.2) is 36.0 Å². The van der Waals surface area contributed by atoms with Crippen molar-refractivity contribution in [1.29, 1.82) is 0 Å². The van der Waals surface area contributed by atoms with Gasteiger partial charge in [-0.25, -0.2) is 9.59 Å². The molecule has 0 saturated carbocycles. The number of hydrogen-bond donors (Lipinski definition) is 1. The molecule has 3 aromatic rings. The Morgan fingerprint density at radius 1 is 1.00 bits per heavy atom. The Labute approximate surface area is 184 Å². The average molecular weight is 439 g/mol. The van der Waals surface area contributed by atoms with Crippen molar-refractivity contribution in [2.24, 2.45) is 0 Å². The molecule has 0 aliphatic carbocycles. The Morgan fingerprint density at radius 3 is 2.39 bits per heavy atom. The summed E-state index contributed by atoms with van der Waals surface area (Å²) in [5.74, 6) is -1.73. The maximum Gasteiger partial charge on any atom is 0.341 e. The van der Waals surface area contributed by atoms with E-state index in [9.17, 15) is 14.4 Å². The van der Waals surface area contributed by atoms with E-state index >= 15 is 0 Å². The fourth-order valence-corrected chi connectivity index (χ4v) is 4.10. The lowest BCUT2D eigenvalue weighted by molar-refractivity contribution is -0.119. The molecule has 0 radical (unpaired) electrons. The highest BCUT2D eigenvalue weighted by atomic mass is 32.1. The minimum absolute atomic E-state index is 0.213. The number of aryl methyl sites for hydroxylation is 1. The van der Waals surface area contributed by atoms with Crippen LogP contribution in [0.5, 0.6) is 0 Å². The molecule has 8 heteroatoms. The van der Waals surface area contributed by atoms with Gasteiger partial charge in [0.05, 0.1) is 17.7 Å². The van der Waals surface area contributed by atoms with Crippen LogP contribution in [0.4, 0.5) is 5.00 Å². The SMILES string of the molecule is CCOC(=O)c1c(NC(=O)COC(=O)c2ccc(C)nc2)sc(-c2ccccc2)c1C. The zero-order valence-electron chi connectivity index (χ0n) is 17.4. The van der Waals surface area contributed by atoms with Crippen molar-refractivity contribution in [2.75, 3.05) is 18.5 Å². The van der Waals surface area contributed by atoms with E-state index in [2.05, 4.69) is 10.3 Å². The van der Waals surface area contributed by atoms with Gasteiger partial charge in [-0.1, -0.05) is 30.3 Å². The summed E-state index contributed by atoms with van der Waals surface area (Å²) in [6, 6.07) is 12.8. The fraction of sp³-hybridized carbons (Fsp3) is 0.217. The molecule has 0 fully saturated rings. The van der Waals surface area contributed by atoms with Crippen LogP contribution in [0, 0.1) is 13.8 Å². The van der Waals surface area contributed by atoms with Crippen molar-refractivity contribution in [3.8, 4) is 10.4 Å². The Balaban J connectivity index is 1.77. The quantitative estimate of drug-likeness (QED) is 0.550. The van der Waals surface area contributed by atoms with Gasteiger partial charge in [0.15, 0.2) is 6.61 Å². The lowest BCUT2D eigenvalue weighted by Gasteiger charge is -2.08. The highest BCUT2D eigenvalue weighted by Gasteiger charge is 2.24. The van der Waals surface area contributed by atoms with Gasteiger partial charge in [-0.2, -0.15) is 0 Å². The maximum absolute atomic E-state index is 12.5. The number of amides is 1. The minimum atomic E-state index is -0.652. The standard InChI is InChI=1S/C23H22N2O5S/c1-4-29-23(28)19-15(3)20(16-8-6-5-7-9-16)31-21(19)25-18(26)13-30-22(27)17-11-10-14(2)24-12-17/h5-12H,4,13H2,1-3H3,(H,25,26). The molecule has 0 aliphatic rings. The summed E-state index contributed by atoms with van der Waals surface area (Å²) in [7, 11) is 0. The number of thiophene rings is 1. The zero-order valence-corrected chi connectivity index (χ0v) is 18.2. The molecule has 3 rings (SSSR count). The number of nitrogens with one attached hydrogen (secondary N) is 1. The summed E-state index contributed by atoms with van der Waals surface area (Å²) < 4.78 is 10.2. The molecule has 1 N–H and O–H groups in total. The number of esters is 2. The van der Waals surface area contributed by atoms with E-state index in [0.29, 0.717) is 16.1 Å². The van der Waals surface area contributed by atoms with Crippen LogP contribution in [0.2, 0.25) is 0 Å². The number of hydrogen-bond acceptors (Lipinski definition) is 7. The molecule has 0 atom stereocenters. The molecule has 0 saturated heterocycles. The second-order valence-electron chi connectivity index (χ2n) is 6.66. The monoisotopic (exact) mass is 438 g/mol. The molecule has 1 amide bonds. The summed E-state index contributed by atoms with van der Waals surface area (Å²) >= 11 is 1.27. The first-order valence-corrected chi connectivity index (χ1v) is 10.5. The number of aromatic nitrogens is 1. The van der Waals surface area contributed by atoms with Gasteiger partial charge >= 0.3 is 11.9 Å². The number of rotatable bonds is 7. The normalized spacial score (nSPS) is 10.4. The number of ether oxygens (including phenoxy) is 2. The van der Waals surface area contributed by atoms with Crippen molar-refractivity contribution in [3.05, 3.63) is 71.0 Å². The zero-order chi connectivity index (χ0) is 22.4. The molecule has 31 heavy (non-hydrogen) atoms. The van der Waals surface area contributed by atoms with Crippen LogP contribution in [0.1, 0.15) is 38.9 Å². The molecule has 0 aliphatic heterocycles. The predicted molar refractivity (Wildman–Crippen MR) is 118 cm³/mol. The second kappa shape index (κ2) is 9.99. The van der Waals surface area contributed by atoms with Crippen molar-refractivity contribution in [3.63, 3.8) is 0 Å². The third kappa shape index (κ3) is 5.35. The Morgan fingerprint density at radius 2 is 1.74 bits per heavy atom. The van der Waals surface area contributed by atoms with Crippen molar-refractivity contribution in [1.82, 2.24) is 4.98 Å². The third-order valence-electron chi connectivity index (χ3n) is 4.40. The van der Waals surface area contributed by atoms with Gasteiger partial charge in [0.1, 0.15) is 5.00 Å². The number of benzene rings is 1. The van der Waals surface area contributed by atoms with Crippen LogP contribution >= 0.6 is 11.3 Å². The first kappa shape index (κ1) is 22.2. The number of carbonyl (C=O) groups excluding carboxylic acids is 3. The van der Waals surface area contributed by atoms with Crippen LogP contribution in [0.25, 0.3) is 10.4 Å². The van der Waals surface area contributed by atoms with Crippen LogP contribution < -0.4 is 5.32 Å². The lowest BCUT2D eigenvalue weighted by atomic mass is 10.1. The van der Waals surface area contributed by atoms with Gasteiger partial charge < -0.3 is 14.8 Å². The van der Waals surface area contributed by atoms with Gasteiger partial charge in [-0.3, -0.25) is 9.78 Å². The summed E-state index contributed by atoms with van der Waals surface area (Å²) in [4.78, 5) is 42.0. The van der Waals surface area contributed by atoms with Gasteiger partial charge in [0.2, 0.25) is 0 Å². The molecule has 2 heterocycles. The van der Waals surface area contributed by atoms with Crippen LogP contribution in [0.15, 0.2) is 48.7 Å². The molecular weight excluding hydrogens is 416 g/mol. The van der Waals surface area contributed by atoms with E-state index in [1.54, 1.807) is 26.0 Å². The molecule has 160 valence electrons. The van der Waals surface area contributed by atoms with Crippen LogP contribution in [0.3, 0.4) is 0 Å². The first-order chi connectivity index (χ1) is 14.9. The topological polar surface area (TPSA) is 94.6 Å². The highest BCUT2D eigenvalue weighted by Crippen LogP contribution is 2.40. The second-order valence-corrected chi connectivity index (χ2v) is 7.68. The molecule has 1 aromatic carbocycles. The predicted octanol–water partition coefficient (Wildman–Crippen LogP) is 4.40. The van der Waals surface area contributed by atoms with E-state index in [-0.39, 0.29) is 12.2 Å². The third-order valence-corrected chi connectivity index (χ3v) is 5.65. The van der Waals surface area contributed by atoms with Crippen molar-refractivity contribution >= 4 is 34.2 Å². The molecule has 7 nitrogen and oxygen atoms in total. The highest BCUT2D eigenvalue weighted by molar-refractivity contribution is 7.20. The fourth-order valence-electron chi connectivity index (χ4n) is 2.88. The first-order valence-electron chi connectivity index (χ1n) is 9.66. The summed E-state index contributed by atoms with van der Waals surface area (Å²) in [5, 5.41) is 3.04. The molecule has 0 unspecified atom stereocenters. The number of anilines is 1. The van der Waals surface area contributed by atoms with E-state index < -0.39 is 24.5 Å². The van der Waals surface area contributed by atoms with E-state index in [1.807, 2.05) is 37.3 Å². The number of nitrogens with zero attached hydrogens (tertiary/aromatic N) is 1. The van der Waals surface area contributed by atoms with Gasteiger partial charge in [-0.05, 0) is 44.0 Å². The largest absolute Gasteiger partial charge is 0.462 e. The molecule has 0 bridgehead atoms. The molecule has 2 aromatic heterocycles.